The highest BCUT2D eigenvalue weighted by Crippen LogP contribution is 2.36. The predicted octanol–water partition coefficient (Wildman–Crippen LogP) is 5.92. The van der Waals surface area contributed by atoms with E-state index in [0.717, 1.165) is 39.8 Å². The van der Waals surface area contributed by atoms with Crippen molar-refractivity contribution in [3.8, 4) is 17.6 Å². The molecule has 0 saturated carbocycles. The normalized spacial score (nSPS) is 15.4. The number of carbonyl (C=O) groups excluding carboxylic acids is 1. The van der Waals surface area contributed by atoms with Gasteiger partial charge >= 0.3 is 0 Å². The van der Waals surface area contributed by atoms with E-state index in [4.69, 9.17) is 21.7 Å². The van der Waals surface area contributed by atoms with Gasteiger partial charge in [-0.25, -0.2) is 0 Å². The summed E-state index contributed by atoms with van der Waals surface area (Å²) in [5.74, 6) is 1.50. The first-order chi connectivity index (χ1) is 14.8. The molecule has 162 valence electrons. The summed E-state index contributed by atoms with van der Waals surface area (Å²) in [5.41, 5.74) is 3.43. The lowest BCUT2D eigenvalue weighted by molar-refractivity contribution is -0.111. The van der Waals surface area contributed by atoms with Gasteiger partial charge in [-0.1, -0.05) is 25.2 Å². The molecule has 5 nitrogen and oxygen atoms in total. The third-order valence-corrected chi connectivity index (χ3v) is 6.54. The number of hydrogen-bond donors (Lipinski definition) is 1. The van der Waals surface area contributed by atoms with Crippen LogP contribution in [0.3, 0.4) is 0 Å². The Morgan fingerprint density at radius 2 is 2.13 bits per heavy atom. The molecule has 1 N–H and O–H groups in total. The van der Waals surface area contributed by atoms with Gasteiger partial charge < -0.3 is 14.8 Å². The predicted molar refractivity (Wildman–Crippen MR) is 127 cm³/mol. The van der Waals surface area contributed by atoms with Crippen molar-refractivity contribution in [2.45, 2.75) is 46.1 Å². The Labute approximate surface area is 192 Å². The van der Waals surface area contributed by atoms with Crippen molar-refractivity contribution < 1.29 is 14.3 Å². The summed E-state index contributed by atoms with van der Waals surface area (Å²) in [6.45, 7) is 6.10. The highest BCUT2D eigenvalue weighted by molar-refractivity contribution is 7.73. The van der Waals surface area contributed by atoms with Crippen molar-refractivity contribution in [2.75, 3.05) is 12.4 Å². The van der Waals surface area contributed by atoms with Crippen LogP contribution in [0.5, 0.6) is 11.5 Å². The van der Waals surface area contributed by atoms with Crippen LogP contribution in [0.15, 0.2) is 24.3 Å². The molecule has 0 spiro atoms. The van der Waals surface area contributed by atoms with Crippen LogP contribution < -0.4 is 14.8 Å². The molecule has 3 rings (SSSR count). The van der Waals surface area contributed by atoms with E-state index in [1.165, 1.54) is 17.4 Å². The molecule has 1 aliphatic rings. The Bertz CT molecular complexity index is 1110. The van der Waals surface area contributed by atoms with Crippen LogP contribution >= 0.6 is 23.6 Å². The first kappa shape index (κ1) is 23.0. The Balaban J connectivity index is 1.80. The Hall–Kier alpha value is -2.69. The molecule has 1 aliphatic carbocycles. The highest BCUT2D eigenvalue weighted by atomic mass is 32.1. The van der Waals surface area contributed by atoms with Gasteiger partial charge in [0, 0.05) is 6.08 Å². The highest BCUT2D eigenvalue weighted by Gasteiger charge is 2.23. The number of nitriles is 1. The maximum Gasteiger partial charge on any atom is 0.249 e. The second kappa shape index (κ2) is 10.1. The fourth-order valence-electron chi connectivity index (χ4n) is 3.61. The maximum atomic E-state index is 12.6. The van der Waals surface area contributed by atoms with Gasteiger partial charge in [0.2, 0.25) is 5.91 Å². The molecule has 7 heteroatoms. The summed E-state index contributed by atoms with van der Waals surface area (Å²) in [5, 5.41) is 13.1. The molecule has 1 amide bonds. The maximum absolute atomic E-state index is 12.6. The van der Waals surface area contributed by atoms with Crippen molar-refractivity contribution in [1.29, 1.82) is 5.26 Å². The number of nitrogens with one attached hydrogen (secondary N) is 1. The molecular formula is C24H26N2O3S2. The van der Waals surface area contributed by atoms with E-state index >= 15 is 0 Å². The molecule has 1 atom stereocenters. The van der Waals surface area contributed by atoms with Crippen molar-refractivity contribution in [2.24, 2.45) is 5.92 Å². The smallest absolute Gasteiger partial charge is 0.249 e. The quantitative estimate of drug-likeness (QED) is 0.433. The van der Waals surface area contributed by atoms with E-state index in [0.29, 0.717) is 28.0 Å². The van der Waals surface area contributed by atoms with Crippen LogP contribution in [0.25, 0.3) is 6.08 Å². The van der Waals surface area contributed by atoms with E-state index in [-0.39, 0.29) is 12.0 Å². The SMILES string of the molecule is COc1cc(/C=C/C(=O)Nc2sc(=S)c3c(c2C#N)CCC(C)C3)ccc1OC(C)C. The summed E-state index contributed by atoms with van der Waals surface area (Å²) in [4.78, 5) is 12.6. The first-order valence-electron chi connectivity index (χ1n) is 10.2. The Kier molecular flexibility index (Phi) is 7.47. The number of rotatable bonds is 6. The number of hydrogen-bond acceptors (Lipinski definition) is 6. The van der Waals surface area contributed by atoms with Crippen LogP contribution in [-0.4, -0.2) is 19.1 Å². The van der Waals surface area contributed by atoms with Crippen LogP contribution in [0.4, 0.5) is 5.00 Å². The van der Waals surface area contributed by atoms with Crippen LogP contribution in [0.2, 0.25) is 0 Å². The summed E-state index contributed by atoms with van der Waals surface area (Å²) in [6, 6.07) is 7.76. The summed E-state index contributed by atoms with van der Waals surface area (Å²) >= 11 is 6.86. The second-order valence-electron chi connectivity index (χ2n) is 7.91. The fourth-order valence-corrected chi connectivity index (χ4v) is 5.01. The molecule has 1 aromatic heterocycles. The van der Waals surface area contributed by atoms with Gasteiger partial charge in [0.1, 0.15) is 11.1 Å². The molecule has 2 aromatic rings. The minimum Gasteiger partial charge on any atom is -0.493 e. The molecule has 0 radical (unpaired) electrons. The molecule has 0 saturated heterocycles. The number of benzene rings is 1. The molecule has 1 unspecified atom stereocenters. The van der Waals surface area contributed by atoms with Crippen LogP contribution in [-0.2, 0) is 17.6 Å². The number of fused-ring (bicyclic) bond motifs is 1. The topological polar surface area (TPSA) is 71.3 Å². The summed E-state index contributed by atoms with van der Waals surface area (Å²) in [6.07, 6.45) is 5.91. The zero-order chi connectivity index (χ0) is 22.5. The Morgan fingerprint density at radius 1 is 1.35 bits per heavy atom. The number of methoxy groups -OCH3 is 1. The molecule has 31 heavy (non-hydrogen) atoms. The second-order valence-corrected chi connectivity index (χ2v) is 9.60. The van der Waals surface area contributed by atoms with Gasteiger partial charge in [0.15, 0.2) is 11.5 Å². The fraction of sp³-hybridized carbons (Fsp3) is 0.375. The molecule has 1 aromatic carbocycles. The molecule has 1 heterocycles. The third-order valence-electron chi connectivity index (χ3n) is 5.10. The lowest BCUT2D eigenvalue weighted by atomic mass is 9.85. The Morgan fingerprint density at radius 3 is 2.81 bits per heavy atom. The summed E-state index contributed by atoms with van der Waals surface area (Å²) < 4.78 is 11.9. The lowest BCUT2D eigenvalue weighted by Gasteiger charge is -2.23. The lowest BCUT2D eigenvalue weighted by Crippen LogP contribution is -2.15. The van der Waals surface area contributed by atoms with Gasteiger partial charge in [0.25, 0.3) is 0 Å². The molecule has 0 aliphatic heterocycles. The minimum atomic E-state index is -0.312. The van der Waals surface area contributed by atoms with Gasteiger partial charge in [-0.2, -0.15) is 5.26 Å². The molecule has 0 fully saturated rings. The van der Waals surface area contributed by atoms with Crippen molar-refractivity contribution in [3.63, 3.8) is 0 Å². The largest absolute Gasteiger partial charge is 0.493 e. The van der Waals surface area contributed by atoms with Crippen LogP contribution in [0, 0.1) is 21.1 Å². The van der Waals surface area contributed by atoms with Crippen LogP contribution in [0.1, 0.15) is 49.4 Å². The number of nitrogens with zero attached hydrogens (tertiary/aromatic N) is 1. The van der Waals surface area contributed by atoms with Crippen molar-refractivity contribution >= 4 is 40.5 Å². The van der Waals surface area contributed by atoms with E-state index < -0.39 is 0 Å². The number of amides is 1. The number of carbonyl (C=O) groups is 1. The van der Waals surface area contributed by atoms with Crippen molar-refractivity contribution in [3.05, 3.63) is 50.4 Å². The zero-order valence-electron chi connectivity index (χ0n) is 18.2. The zero-order valence-corrected chi connectivity index (χ0v) is 19.8. The number of anilines is 1. The molecular weight excluding hydrogens is 428 g/mol. The molecule has 0 bridgehead atoms. The minimum absolute atomic E-state index is 0.0331. The van der Waals surface area contributed by atoms with Gasteiger partial charge in [-0.05, 0) is 73.9 Å². The average molecular weight is 455 g/mol. The van der Waals surface area contributed by atoms with Gasteiger partial charge in [-0.3, -0.25) is 4.79 Å². The van der Waals surface area contributed by atoms with E-state index in [1.54, 1.807) is 13.2 Å². The van der Waals surface area contributed by atoms with Crippen molar-refractivity contribution in [1.82, 2.24) is 0 Å². The first-order valence-corrected chi connectivity index (χ1v) is 11.5. The standard InChI is InChI=1S/C24H26N2O3S2/c1-14(2)29-20-9-6-16(12-21(20)28-4)7-10-22(27)26-23-19(13-25)17-8-5-15(3)11-18(17)24(30)31-23/h6-7,9-10,12,14-15H,5,8,11H2,1-4H3,(H,26,27)/b10-7+. The van der Waals surface area contributed by atoms with E-state index in [2.05, 4.69) is 18.3 Å². The monoisotopic (exact) mass is 454 g/mol. The van der Waals surface area contributed by atoms with Gasteiger partial charge in [-0.15, -0.1) is 11.3 Å². The third kappa shape index (κ3) is 5.52. The summed E-state index contributed by atoms with van der Waals surface area (Å²) in [7, 11) is 1.58. The van der Waals surface area contributed by atoms with E-state index in [9.17, 15) is 10.1 Å². The van der Waals surface area contributed by atoms with E-state index in [1.807, 2.05) is 32.0 Å². The number of ether oxygens (including phenoxy) is 2. The average Bonchev–Trinajstić information content (AvgIpc) is 2.73. The van der Waals surface area contributed by atoms with Gasteiger partial charge in [0.05, 0.1) is 22.6 Å².